The maximum Gasteiger partial charge on any atom is 0.331 e. The first-order chi connectivity index (χ1) is 26.4. The third-order valence-corrected chi connectivity index (χ3v) is 15.9. The van der Waals surface area contributed by atoms with E-state index in [1.54, 1.807) is 13.8 Å². The molecule has 4 saturated carbocycles. The van der Waals surface area contributed by atoms with E-state index in [1.165, 1.54) is 6.08 Å². The largest absolute Gasteiger partial charge is 0.458 e. The van der Waals surface area contributed by atoms with Crippen LogP contribution in [0.15, 0.2) is 11.6 Å². The summed E-state index contributed by atoms with van der Waals surface area (Å²) in [7, 11) is 0. The summed E-state index contributed by atoms with van der Waals surface area (Å²) in [5.41, 5.74) is -1.79. The van der Waals surface area contributed by atoms with Gasteiger partial charge in [-0.15, -0.1) is 0 Å². The fraction of sp³-hybridized carbons (Fsp3) is 0.927. The summed E-state index contributed by atoms with van der Waals surface area (Å²) in [5, 5.41) is 78.2. The first-order valence-electron chi connectivity index (χ1n) is 21.0. The zero-order valence-electron chi connectivity index (χ0n) is 33.2. The van der Waals surface area contributed by atoms with Crippen molar-refractivity contribution in [2.45, 2.75) is 197 Å². The van der Waals surface area contributed by atoms with Crippen molar-refractivity contribution in [3.8, 4) is 0 Å². The number of aliphatic hydroxyl groups excluding tert-OH is 6. The Morgan fingerprint density at radius 1 is 0.696 bits per heavy atom. The van der Waals surface area contributed by atoms with E-state index in [2.05, 4.69) is 6.92 Å². The van der Waals surface area contributed by atoms with E-state index in [4.69, 9.17) is 33.2 Å². The van der Waals surface area contributed by atoms with Crippen LogP contribution < -0.4 is 0 Å². The lowest BCUT2D eigenvalue weighted by Crippen LogP contribution is -2.67. The Labute approximate surface area is 328 Å². The van der Waals surface area contributed by atoms with E-state index in [0.29, 0.717) is 17.9 Å². The molecule has 3 saturated heterocycles. The van der Waals surface area contributed by atoms with Crippen molar-refractivity contribution < 1.29 is 73.7 Å². The average molecular weight is 797 g/mol. The van der Waals surface area contributed by atoms with Crippen molar-refractivity contribution in [3.63, 3.8) is 0 Å². The van der Waals surface area contributed by atoms with E-state index in [0.717, 1.165) is 32.1 Å². The summed E-state index contributed by atoms with van der Waals surface area (Å²) < 4.78 is 42.0. The number of cyclic esters (lactones) is 1. The molecule has 22 atom stereocenters. The van der Waals surface area contributed by atoms with Crippen LogP contribution in [-0.4, -0.2) is 146 Å². The van der Waals surface area contributed by atoms with Gasteiger partial charge in [-0.3, -0.25) is 0 Å². The number of carbonyl (C=O) groups excluding carboxylic acids is 1. The Kier molecular flexibility index (Phi) is 11.3. The topological polar surface area (TPSA) is 223 Å². The van der Waals surface area contributed by atoms with Gasteiger partial charge in [0, 0.05) is 43.1 Å². The third kappa shape index (κ3) is 6.91. The minimum Gasteiger partial charge on any atom is -0.458 e. The predicted octanol–water partition coefficient (Wildman–Crippen LogP) is 1.19. The highest BCUT2D eigenvalue weighted by atomic mass is 16.7. The summed E-state index contributed by atoms with van der Waals surface area (Å²) in [5.74, 6) is -0.755. The van der Waals surface area contributed by atoms with Gasteiger partial charge in [-0.2, -0.15) is 0 Å². The first-order valence-corrected chi connectivity index (χ1v) is 21.0. The highest BCUT2D eigenvalue weighted by Gasteiger charge is 2.73. The number of hydrogen-bond donors (Lipinski definition) is 7. The number of ether oxygens (including phenoxy) is 7. The van der Waals surface area contributed by atoms with Crippen LogP contribution in [0.4, 0.5) is 0 Å². The highest BCUT2D eigenvalue weighted by molar-refractivity contribution is 5.85. The van der Waals surface area contributed by atoms with Gasteiger partial charge in [0.15, 0.2) is 18.9 Å². The van der Waals surface area contributed by atoms with Crippen LogP contribution in [0.3, 0.4) is 0 Å². The molecule has 0 spiro atoms. The molecule has 8 rings (SSSR count). The summed E-state index contributed by atoms with van der Waals surface area (Å²) in [6, 6.07) is 0. The summed E-state index contributed by atoms with van der Waals surface area (Å²) in [6.45, 7) is 9.48. The standard InChI is InChI=1S/C41H64O15/c1-18-36(48)26(42)13-33(51-18)55-38-20(3)53-34(15-28(38)44)56-37-19(2)52-32(14-27(37)43)54-23-8-9-39(4)22(11-23)6-7-24-25(39)12-30(46)40(5)35(21-10-31(47)50-17-21)29(45)16-41(24,40)49/h10,18-20,22-30,32-38,42-46,48-49H,6-9,11-17H2,1-5H3/t18?,19?,20?,22-,23+,24-,25+,26-,27-,28-,29+,30-,32+,33+,34+,35+,36-,37-,38-,39+,40-,41+/m1/s1. The molecule has 4 aliphatic carbocycles. The van der Waals surface area contributed by atoms with Crippen molar-refractivity contribution in [2.24, 2.45) is 34.5 Å². The summed E-state index contributed by atoms with van der Waals surface area (Å²) >= 11 is 0. The minimum atomic E-state index is -1.29. The molecule has 4 heterocycles. The lowest BCUT2D eigenvalue weighted by molar-refractivity contribution is -0.336. The number of carbonyl (C=O) groups is 1. The minimum absolute atomic E-state index is 0.0543. The molecule has 56 heavy (non-hydrogen) atoms. The molecule has 0 aromatic carbocycles. The molecule has 7 fully saturated rings. The number of rotatable bonds is 7. The lowest BCUT2D eigenvalue weighted by atomic mass is 9.42. The molecule has 0 aromatic rings. The maximum absolute atomic E-state index is 12.6. The Morgan fingerprint density at radius 3 is 1.86 bits per heavy atom. The van der Waals surface area contributed by atoms with Crippen LogP contribution >= 0.6 is 0 Å². The normalized spacial score (nSPS) is 56.1. The fourth-order valence-electron chi connectivity index (χ4n) is 12.8. The zero-order chi connectivity index (χ0) is 40.1. The third-order valence-electron chi connectivity index (χ3n) is 15.9. The first kappa shape index (κ1) is 41.4. The Morgan fingerprint density at radius 2 is 1.29 bits per heavy atom. The average Bonchev–Trinajstić information content (AvgIpc) is 3.64. The van der Waals surface area contributed by atoms with E-state index in [-0.39, 0.29) is 55.6 Å². The van der Waals surface area contributed by atoms with Crippen LogP contribution in [0.1, 0.15) is 98.8 Å². The predicted molar refractivity (Wildman–Crippen MR) is 194 cm³/mol. The molecule has 7 N–H and O–H groups in total. The van der Waals surface area contributed by atoms with E-state index < -0.39 is 109 Å². The second-order valence-electron chi connectivity index (χ2n) is 19.0. The molecule has 15 nitrogen and oxygen atoms in total. The van der Waals surface area contributed by atoms with E-state index >= 15 is 0 Å². The van der Waals surface area contributed by atoms with Gasteiger partial charge in [-0.25, -0.2) is 4.79 Å². The zero-order valence-corrected chi connectivity index (χ0v) is 33.2. The molecule has 15 heteroatoms. The Balaban J connectivity index is 0.845. The molecule has 318 valence electrons. The van der Waals surface area contributed by atoms with Crippen molar-refractivity contribution in [1.82, 2.24) is 0 Å². The van der Waals surface area contributed by atoms with Gasteiger partial charge in [0.25, 0.3) is 0 Å². The molecule has 0 aromatic heterocycles. The van der Waals surface area contributed by atoms with Crippen LogP contribution in [0, 0.1) is 34.5 Å². The van der Waals surface area contributed by atoms with Gasteiger partial charge < -0.3 is 68.9 Å². The molecule has 0 bridgehead atoms. The molecule has 0 radical (unpaired) electrons. The van der Waals surface area contributed by atoms with Crippen molar-refractivity contribution >= 4 is 5.97 Å². The SMILES string of the molecule is CC1O[C@@H](O[C@@H]2C(C)O[C@@H](O[C@@H]3C(C)O[C@@H](O[C@H]4CC[C@@]5(C)[C@H](CC[C@@H]6[C@@H]5C[C@@H](O)[C@]5(C)[C@@H](C7=CC(=O)OC7)[C@@H](O)C[C@]65O)C4)C[C@H]3O)C[C@H]2O)C[C@@H](O)[C@@H]1O. The van der Waals surface area contributed by atoms with Gasteiger partial charge >= 0.3 is 5.97 Å². The molecular weight excluding hydrogens is 732 g/mol. The lowest BCUT2D eigenvalue weighted by Gasteiger charge is -2.65. The van der Waals surface area contributed by atoms with E-state index in [9.17, 15) is 40.5 Å². The highest BCUT2D eigenvalue weighted by Crippen LogP contribution is 2.70. The van der Waals surface area contributed by atoms with Crippen molar-refractivity contribution in [1.29, 1.82) is 0 Å². The van der Waals surface area contributed by atoms with Crippen LogP contribution in [0.2, 0.25) is 0 Å². The van der Waals surface area contributed by atoms with Gasteiger partial charge in [-0.1, -0.05) is 13.8 Å². The molecule has 4 aliphatic heterocycles. The van der Waals surface area contributed by atoms with Gasteiger partial charge in [-0.05, 0) is 88.0 Å². The summed E-state index contributed by atoms with van der Waals surface area (Å²) in [6.07, 6.45) is -4.69. The van der Waals surface area contributed by atoms with Crippen LogP contribution in [0.5, 0.6) is 0 Å². The molecule has 0 amide bonds. The van der Waals surface area contributed by atoms with Crippen molar-refractivity contribution in [2.75, 3.05) is 6.61 Å². The number of esters is 1. The van der Waals surface area contributed by atoms with E-state index in [1.807, 2.05) is 13.8 Å². The van der Waals surface area contributed by atoms with Crippen molar-refractivity contribution in [3.05, 3.63) is 11.6 Å². The number of fused-ring (bicyclic) bond motifs is 5. The van der Waals surface area contributed by atoms with Crippen LogP contribution in [-0.2, 0) is 38.0 Å². The molecular formula is C41H64O15. The number of hydrogen-bond acceptors (Lipinski definition) is 15. The smallest absolute Gasteiger partial charge is 0.331 e. The monoisotopic (exact) mass is 796 g/mol. The Bertz CT molecular complexity index is 1440. The summed E-state index contributed by atoms with van der Waals surface area (Å²) in [4.78, 5) is 12.0. The van der Waals surface area contributed by atoms with Crippen LogP contribution in [0.25, 0.3) is 0 Å². The van der Waals surface area contributed by atoms with Gasteiger partial charge in [0.05, 0.1) is 60.5 Å². The fourth-order valence-corrected chi connectivity index (χ4v) is 12.8. The quantitative estimate of drug-likeness (QED) is 0.142. The molecule has 8 aliphatic rings. The maximum atomic E-state index is 12.6. The second kappa shape index (κ2) is 15.3. The number of aliphatic hydroxyl groups is 7. The second-order valence-corrected chi connectivity index (χ2v) is 19.0. The van der Waals surface area contributed by atoms with Gasteiger partial charge in [0.2, 0.25) is 0 Å². The molecule has 3 unspecified atom stereocenters. The van der Waals surface area contributed by atoms with Gasteiger partial charge in [0.1, 0.15) is 24.9 Å². The Hall–Kier alpha value is -1.31.